The van der Waals surface area contributed by atoms with Gasteiger partial charge in [-0.05, 0) is 62.9 Å². The Morgan fingerprint density at radius 3 is 2.62 bits per heavy atom. The Hall–Kier alpha value is -2.04. The Kier molecular flexibility index (Phi) is 6.64. The molecule has 128 valence electrons. The van der Waals surface area contributed by atoms with Gasteiger partial charge in [-0.1, -0.05) is 23.7 Å². The third-order valence-corrected chi connectivity index (χ3v) is 4.10. The van der Waals surface area contributed by atoms with Crippen molar-refractivity contribution >= 4 is 23.2 Å². The zero-order chi connectivity index (χ0) is 17.5. The molecule has 0 spiro atoms. The number of halogens is 1. The van der Waals surface area contributed by atoms with Crippen molar-refractivity contribution in [3.63, 3.8) is 0 Å². The molecule has 0 aliphatic carbocycles. The zero-order valence-electron chi connectivity index (χ0n) is 14.3. The molecule has 0 aromatic heterocycles. The van der Waals surface area contributed by atoms with Crippen molar-refractivity contribution in [3.05, 3.63) is 59.1 Å². The van der Waals surface area contributed by atoms with Crippen molar-refractivity contribution < 1.29 is 9.53 Å². The Bertz CT molecular complexity index is 673. The Labute approximate surface area is 148 Å². The first-order valence-electron chi connectivity index (χ1n) is 7.92. The monoisotopic (exact) mass is 346 g/mol. The fourth-order valence-corrected chi connectivity index (χ4v) is 2.33. The third kappa shape index (κ3) is 5.55. The molecule has 0 unspecified atom stereocenters. The van der Waals surface area contributed by atoms with Gasteiger partial charge < -0.3 is 10.1 Å². The van der Waals surface area contributed by atoms with Gasteiger partial charge in [-0.3, -0.25) is 9.69 Å². The highest BCUT2D eigenvalue weighted by molar-refractivity contribution is 6.30. The van der Waals surface area contributed by atoms with Crippen LogP contribution >= 0.6 is 11.6 Å². The lowest BCUT2D eigenvalue weighted by Crippen LogP contribution is -2.41. The van der Waals surface area contributed by atoms with Crippen LogP contribution in [-0.2, 0) is 4.79 Å². The molecule has 0 saturated heterocycles. The van der Waals surface area contributed by atoms with E-state index in [1.165, 1.54) is 0 Å². The lowest BCUT2D eigenvalue weighted by molar-refractivity contribution is -0.120. The number of rotatable bonds is 7. The molecule has 1 amide bonds. The van der Waals surface area contributed by atoms with Gasteiger partial charge in [0, 0.05) is 17.3 Å². The lowest BCUT2D eigenvalue weighted by atomic mass is 10.2. The maximum absolute atomic E-state index is 12.3. The van der Waals surface area contributed by atoms with E-state index in [1.807, 2.05) is 62.2 Å². The van der Waals surface area contributed by atoms with E-state index >= 15 is 0 Å². The molecule has 1 atom stereocenters. The minimum Gasteiger partial charge on any atom is -0.492 e. The molecule has 4 nitrogen and oxygen atoms in total. The largest absolute Gasteiger partial charge is 0.492 e. The van der Waals surface area contributed by atoms with Crippen molar-refractivity contribution in [1.29, 1.82) is 0 Å². The second kappa shape index (κ2) is 8.71. The number of carbonyl (C=O) groups is 1. The Morgan fingerprint density at radius 1 is 1.25 bits per heavy atom. The van der Waals surface area contributed by atoms with E-state index in [4.69, 9.17) is 16.3 Å². The number of amides is 1. The highest BCUT2D eigenvalue weighted by Gasteiger charge is 2.18. The number of benzene rings is 2. The van der Waals surface area contributed by atoms with E-state index in [2.05, 4.69) is 5.32 Å². The number of aryl methyl sites for hydroxylation is 1. The average Bonchev–Trinajstić information content (AvgIpc) is 2.56. The SMILES string of the molecule is Cc1cccc(NC(=O)[C@@H](C)N(C)CCOc2ccc(Cl)cc2)c1. The highest BCUT2D eigenvalue weighted by Crippen LogP contribution is 2.15. The molecular formula is C19H23ClN2O2. The summed E-state index contributed by atoms with van der Waals surface area (Å²) in [5, 5.41) is 3.62. The maximum Gasteiger partial charge on any atom is 0.241 e. The molecule has 0 bridgehead atoms. The molecule has 0 heterocycles. The van der Waals surface area contributed by atoms with E-state index in [0.29, 0.717) is 18.2 Å². The minimum atomic E-state index is -0.251. The quantitative estimate of drug-likeness (QED) is 0.824. The topological polar surface area (TPSA) is 41.6 Å². The normalized spacial score (nSPS) is 12.0. The number of ether oxygens (including phenoxy) is 1. The summed E-state index contributed by atoms with van der Waals surface area (Å²) in [7, 11) is 1.91. The van der Waals surface area contributed by atoms with Gasteiger partial charge in [-0.2, -0.15) is 0 Å². The van der Waals surface area contributed by atoms with Crippen LogP contribution in [0.2, 0.25) is 5.02 Å². The van der Waals surface area contributed by atoms with Crippen LogP contribution in [0.4, 0.5) is 5.69 Å². The molecule has 0 aliphatic heterocycles. The first-order chi connectivity index (χ1) is 11.5. The van der Waals surface area contributed by atoms with E-state index in [1.54, 1.807) is 12.1 Å². The van der Waals surface area contributed by atoms with Gasteiger partial charge in [-0.25, -0.2) is 0 Å². The van der Waals surface area contributed by atoms with Crippen molar-refractivity contribution in [1.82, 2.24) is 4.90 Å². The second-order valence-electron chi connectivity index (χ2n) is 5.82. The summed E-state index contributed by atoms with van der Waals surface area (Å²) in [6.07, 6.45) is 0. The van der Waals surface area contributed by atoms with Crippen LogP contribution < -0.4 is 10.1 Å². The van der Waals surface area contributed by atoms with Crippen molar-refractivity contribution in [2.24, 2.45) is 0 Å². The third-order valence-electron chi connectivity index (χ3n) is 3.85. The zero-order valence-corrected chi connectivity index (χ0v) is 15.0. The van der Waals surface area contributed by atoms with Gasteiger partial charge in [0.15, 0.2) is 0 Å². The van der Waals surface area contributed by atoms with Crippen molar-refractivity contribution in [2.75, 3.05) is 25.5 Å². The van der Waals surface area contributed by atoms with Gasteiger partial charge in [0.2, 0.25) is 5.91 Å². The number of hydrogen-bond donors (Lipinski definition) is 1. The fourth-order valence-electron chi connectivity index (χ4n) is 2.20. The van der Waals surface area contributed by atoms with E-state index in [9.17, 15) is 4.79 Å². The second-order valence-corrected chi connectivity index (χ2v) is 6.25. The summed E-state index contributed by atoms with van der Waals surface area (Å²) in [6.45, 7) is 5.03. The van der Waals surface area contributed by atoms with Crippen LogP contribution in [0.5, 0.6) is 5.75 Å². The van der Waals surface area contributed by atoms with Crippen LogP contribution in [0.1, 0.15) is 12.5 Å². The van der Waals surface area contributed by atoms with Gasteiger partial charge >= 0.3 is 0 Å². The molecule has 2 aromatic rings. The summed E-state index contributed by atoms with van der Waals surface area (Å²) in [4.78, 5) is 14.3. The molecule has 0 radical (unpaired) electrons. The smallest absolute Gasteiger partial charge is 0.241 e. The van der Waals surface area contributed by atoms with E-state index in [-0.39, 0.29) is 11.9 Å². The summed E-state index contributed by atoms with van der Waals surface area (Å²) in [5.74, 6) is 0.735. The summed E-state index contributed by atoms with van der Waals surface area (Å²) in [6, 6.07) is 14.8. The lowest BCUT2D eigenvalue weighted by Gasteiger charge is -2.24. The van der Waals surface area contributed by atoms with Crippen LogP contribution in [0.3, 0.4) is 0 Å². The van der Waals surface area contributed by atoms with Crippen LogP contribution in [0, 0.1) is 6.92 Å². The molecule has 0 saturated carbocycles. The van der Waals surface area contributed by atoms with Crippen LogP contribution in [0.15, 0.2) is 48.5 Å². The van der Waals surface area contributed by atoms with E-state index in [0.717, 1.165) is 17.0 Å². The summed E-state index contributed by atoms with van der Waals surface area (Å²) in [5.41, 5.74) is 1.93. The van der Waals surface area contributed by atoms with Gasteiger partial charge in [0.05, 0.1) is 6.04 Å². The van der Waals surface area contributed by atoms with Gasteiger partial charge in [0.25, 0.3) is 0 Å². The number of anilines is 1. The first-order valence-corrected chi connectivity index (χ1v) is 8.29. The van der Waals surface area contributed by atoms with Gasteiger partial charge in [-0.15, -0.1) is 0 Å². The standard InChI is InChI=1S/C19H23ClN2O2/c1-14-5-4-6-17(13-14)21-19(23)15(2)22(3)11-12-24-18-9-7-16(20)8-10-18/h4-10,13,15H,11-12H2,1-3H3,(H,21,23)/t15-/m1/s1. The molecule has 5 heteroatoms. The number of likely N-dealkylation sites (N-methyl/N-ethyl adjacent to an activating group) is 1. The molecule has 24 heavy (non-hydrogen) atoms. The molecular weight excluding hydrogens is 324 g/mol. The van der Waals surface area contributed by atoms with Crippen molar-refractivity contribution in [3.8, 4) is 5.75 Å². The van der Waals surface area contributed by atoms with Crippen molar-refractivity contribution in [2.45, 2.75) is 19.9 Å². The highest BCUT2D eigenvalue weighted by atomic mass is 35.5. The predicted molar refractivity (Wildman–Crippen MR) is 98.8 cm³/mol. The molecule has 1 N–H and O–H groups in total. The van der Waals surface area contributed by atoms with Gasteiger partial charge in [0.1, 0.15) is 12.4 Å². The van der Waals surface area contributed by atoms with Crippen LogP contribution in [0.25, 0.3) is 0 Å². The summed E-state index contributed by atoms with van der Waals surface area (Å²) >= 11 is 5.84. The Morgan fingerprint density at radius 2 is 1.96 bits per heavy atom. The molecule has 0 fully saturated rings. The first kappa shape index (κ1) is 18.3. The number of nitrogens with zero attached hydrogens (tertiary/aromatic N) is 1. The minimum absolute atomic E-state index is 0.0328. The van der Waals surface area contributed by atoms with Crippen LogP contribution in [-0.4, -0.2) is 37.0 Å². The summed E-state index contributed by atoms with van der Waals surface area (Å²) < 4.78 is 5.66. The predicted octanol–water partition coefficient (Wildman–Crippen LogP) is 3.99. The van der Waals surface area contributed by atoms with E-state index < -0.39 is 0 Å². The molecule has 2 rings (SSSR count). The molecule has 2 aromatic carbocycles. The fraction of sp³-hybridized carbons (Fsp3) is 0.316. The number of nitrogens with one attached hydrogen (secondary N) is 1. The average molecular weight is 347 g/mol. The maximum atomic E-state index is 12.3. The number of carbonyl (C=O) groups excluding carboxylic acids is 1. The number of hydrogen-bond acceptors (Lipinski definition) is 3. The molecule has 0 aliphatic rings. The Balaban J connectivity index is 1.79.